The first-order valence-electron chi connectivity index (χ1n) is 5.11. The molecule has 0 saturated heterocycles. The summed E-state index contributed by atoms with van der Waals surface area (Å²) in [6.45, 7) is -0.201. The molecule has 1 rings (SSSR count). The Labute approximate surface area is 104 Å². The molecule has 0 bridgehead atoms. The first-order valence-corrected chi connectivity index (χ1v) is 5.49. The zero-order valence-corrected chi connectivity index (χ0v) is 9.84. The number of hydrogen-bond donors (Lipinski definition) is 0. The van der Waals surface area contributed by atoms with E-state index >= 15 is 0 Å². The minimum Gasteiger partial charge on any atom is -0.299 e. The average molecular weight is 254 g/mol. The number of benzene rings is 1. The number of nitro groups is 1. The molecule has 1 aromatic carbocycles. The predicted octanol–water partition coefficient (Wildman–Crippen LogP) is 2.85. The van der Waals surface area contributed by atoms with Crippen LogP contribution in [-0.2, 0) is 4.79 Å². The number of carbonyl (C=O) groups excluding carboxylic acids is 1. The molecule has 1 unspecified atom stereocenters. The van der Waals surface area contributed by atoms with Crippen molar-refractivity contribution in [1.29, 1.82) is 0 Å². The van der Waals surface area contributed by atoms with E-state index < -0.39 is 0 Å². The van der Waals surface area contributed by atoms with Gasteiger partial charge >= 0.3 is 0 Å². The predicted molar refractivity (Wildman–Crippen MR) is 65.9 cm³/mol. The molecule has 0 aromatic heterocycles. The summed E-state index contributed by atoms with van der Waals surface area (Å²) in [7, 11) is 0. The van der Waals surface area contributed by atoms with Gasteiger partial charge in [0.05, 0.1) is 5.92 Å². The summed E-state index contributed by atoms with van der Waals surface area (Å²) >= 11 is 6.00. The Morgan fingerprint density at radius 3 is 2.71 bits per heavy atom. The summed E-state index contributed by atoms with van der Waals surface area (Å²) in [5.74, 6) is -0.310. The first kappa shape index (κ1) is 13.4. The molecule has 90 valence electrons. The Hall–Kier alpha value is -1.68. The summed E-state index contributed by atoms with van der Waals surface area (Å²) in [6.07, 6.45) is 4.02. The van der Waals surface area contributed by atoms with E-state index in [1.165, 1.54) is 6.08 Å². The van der Waals surface area contributed by atoms with Crippen molar-refractivity contribution in [3.05, 3.63) is 57.1 Å². The van der Waals surface area contributed by atoms with Crippen LogP contribution in [0.3, 0.4) is 0 Å². The van der Waals surface area contributed by atoms with Gasteiger partial charge < -0.3 is 0 Å². The largest absolute Gasteiger partial charge is 0.299 e. The lowest BCUT2D eigenvalue weighted by atomic mass is 9.95. The van der Waals surface area contributed by atoms with Crippen molar-refractivity contribution in [1.82, 2.24) is 0 Å². The van der Waals surface area contributed by atoms with Crippen molar-refractivity contribution < 1.29 is 9.72 Å². The van der Waals surface area contributed by atoms with E-state index in [0.29, 0.717) is 17.7 Å². The van der Waals surface area contributed by atoms with Crippen molar-refractivity contribution in [3.8, 4) is 0 Å². The highest BCUT2D eigenvalue weighted by molar-refractivity contribution is 6.31. The van der Waals surface area contributed by atoms with E-state index in [1.807, 2.05) is 0 Å². The van der Waals surface area contributed by atoms with Gasteiger partial charge in [0.15, 0.2) is 0 Å². The Bertz CT molecular complexity index is 432. The molecule has 0 saturated carbocycles. The number of nitrogens with zero attached hydrogens (tertiary/aromatic N) is 1. The van der Waals surface area contributed by atoms with Gasteiger partial charge in [-0.15, -0.1) is 0 Å². The van der Waals surface area contributed by atoms with E-state index in [0.717, 1.165) is 5.56 Å². The molecule has 0 heterocycles. The maximum atomic E-state index is 10.6. The maximum Gasteiger partial charge on any atom is 0.211 e. The van der Waals surface area contributed by atoms with Gasteiger partial charge in [0.2, 0.25) is 6.54 Å². The Balaban J connectivity index is 2.89. The summed E-state index contributed by atoms with van der Waals surface area (Å²) < 4.78 is 0. The van der Waals surface area contributed by atoms with Gasteiger partial charge in [-0.25, -0.2) is 0 Å². The SMILES string of the molecule is O=C/C=C/CC(C[N+](=O)[O-])c1ccccc1Cl. The van der Waals surface area contributed by atoms with Gasteiger partial charge in [-0.1, -0.05) is 35.9 Å². The second-order valence-electron chi connectivity index (χ2n) is 3.53. The van der Waals surface area contributed by atoms with Crippen LogP contribution in [-0.4, -0.2) is 17.8 Å². The van der Waals surface area contributed by atoms with Crippen LogP contribution in [0.25, 0.3) is 0 Å². The van der Waals surface area contributed by atoms with E-state index in [1.54, 1.807) is 30.3 Å². The molecule has 0 spiro atoms. The number of rotatable bonds is 6. The Morgan fingerprint density at radius 1 is 1.41 bits per heavy atom. The van der Waals surface area contributed by atoms with Crippen LogP contribution in [0.1, 0.15) is 17.9 Å². The smallest absolute Gasteiger partial charge is 0.211 e. The number of hydrogen-bond acceptors (Lipinski definition) is 3. The third-order valence-corrected chi connectivity index (χ3v) is 2.69. The molecular weight excluding hydrogens is 242 g/mol. The standard InChI is InChI=1S/C12H12ClNO3/c13-12-7-2-1-6-11(12)10(9-14(16)17)5-3-4-8-15/h1-4,6-8,10H,5,9H2/b4-3+. The van der Waals surface area contributed by atoms with Crippen molar-refractivity contribution in [2.45, 2.75) is 12.3 Å². The van der Waals surface area contributed by atoms with Crippen LogP contribution >= 0.6 is 11.6 Å². The maximum absolute atomic E-state index is 10.6. The quantitative estimate of drug-likeness (QED) is 0.339. The molecule has 0 fully saturated rings. The van der Waals surface area contributed by atoms with Crippen LogP contribution in [0.4, 0.5) is 0 Å². The Morgan fingerprint density at radius 2 is 2.12 bits per heavy atom. The number of carbonyl (C=O) groups is 1. The fourth-order valence-electron chi connectivity index (χ4n) is 1.58. The van der Waals surface area contributed by atoms with Gasteiger partial charge in [-0.05, 0) is 24.1 Å². The van der Waals surface area contributed by atoms with Crippen LogP contribution in [0.2, 0.25) is 5.02 Å². The molecule has 0 radical (unpaired) electrons. The van der Waals surface area contributed by atoms with Gasteiger partial charge in [-0.2, -0.15) is 0 Å². The zero-order chi connectivity index (χ0) is 12.7. The molecule has 4 nitrogen and oxygen atoms in total. The van der Waals surface area contributed by atoms with Crippen LogP contribution < -0.4 is 0 Å². The van der Waals surface area contributed by atoms with Crippen molar-refractivity contribution in [2.75, 3.05) is 6.54 Å². The van der Waals surface area contributed by atoms with Crippen LogP contribution in [0.15, 0.2) is 36.4 Å². The van der Waals surface area contributed by atoms with Crippen LogP contribution in [0.5, 0.6) is 0 Å². The first-order chi connectivity index (χ1) is 8.15. The topological polar surface area (TPSA) is 60.2 Å². The number of allylic oxidation sites excluding steroid dienone is 2. The third-order valence-electron chi connectivity index (χ3n) is 2.35. The molecular formula is C12H12ClNO3. The molecule has 0 aliphatic carbocycles. The minimum absolute atomic E-state index is 0.201. The molecule has 1 aromatic rings. The summed E-state index contributed by atoms with van der Waals surface area (Å²) in [5, 5.41) is 11.1. The number of halogens is 1. The monoisotopic (exact) mass is 253 g/mol. The van der Waals surface area contributed by atoms with E-state index in [4.69, 9.17) is 11.6 Å². The zero-order valence-electron chi connectivity index (χ0n) is 9.08. The normalized spacial score (nSPS) is 12.5. The molecule has 1 atom stereocenters. The molecule has 0 amide bonds. The van der Waals surface area contributed by atoms with Crippen molar-refractivity contribution in [3.63, 3.8) is 0 Å². The summed E-state index contributed by atoms with van der Waals surface area (Å²) in [4.78, 5) is 20.4. The summed E-state index contributed by atoms with van der Waals surface area (Å²) in [5.41, 5.74) is 0.737. The lowest BCUT2D eigenvalue weighted by Gasteiger charge is -2.12. The highest BCUT2D eigenvalue weighted by Crippen LogP contribution is 2.27. The van der Waals surface area contributed by atoms with Gasteiger partial charge in [0, 0.05) is 9.95 Å². The van der Waals surface area contributed by atoms with Gasteiger partial charge in [0.1, 0.15) is 6.29 Å². The van der Waals surface area contributed by atoms with E-state index in [-0.39, 0.29) is 17.4 Å². The molecule has 0 aliphatic rings. The second-order valence-corrected chi connectivity index (χ2v) is 3.94. The lowest BCUT2D eigenvalue weighted by molar-refractivity contribution is -0.483. The summed E-state index contributed by atoms with van der Waals surface area (Å²) in [6, 6.07) is 7.03. The second kappa shape index (κ2) is 6.81. The van der Waals surface area contributed by atoms with E-state index in [2.05, 4.69) is 0 Å². The number of aldehydes is 1. The van der Waals surface area contributed by atoms with Crippen molar-refractivity contribution >= 4 is 17.9 Å². The van der Waals surface area contributed by atoms with Crippen molar-refractivity contribution in [2.24, 2.45) is 0 Å². The minimum atomic E-state index is -0.372. The average Bonchev–Trinajstić information content (AvgIpc) is 2.28. The molecule has 17 heavy (non-hydrogen) atoms. The fraction of sp³-hybridized carbons (Fsp3) is 0.250. The highest BCUT2D eigenvalue weighted by Gasteiger charge is 2.18. The lowest BCUT2D eigenvalue weighted by Crippen LogP contribution is -2.12. The molecule has 5 heteroatoms. The Kier molecular flexibility index (Phi) is 5.36. The molecule has 0 aliphatic heterocycles. The van der Waals surface area contributed by atoms with E-state index in [9.17, 15) is 14.9 Å². The third kappa shape index (κ3) is 4.36. The van der Waals surface area contributed by atoms with Gasteiger partial charge in [-0.3, -0.25) is 14.9 Å². The van der Waals surface area contributed by atoms with Crippen LogP contribution in [0, 0.1) is 10.1 Å². The molecule has 0 N–H and O–H groups in total. The van der Waals surface area contributed by atoms with Gasteiger partial charge in [0.25, 0.3) is 0 Å². The highest BCUT2D eigenvalue weighted by atomic mass is 35.5. The fourth-order valence-corrected chi connectivity index (χ4v) is 1.87.